The monoisotopic (exact) mass is 293 g/mol. The van der Waals surface area contributed by atoms with E-state index in [1.807, 2.05) is 0 Å². The first-order chi connectivity index (χ1) is 9.99. The molecule has 7 nitrogen and oxygen atoms in total. The second-order valence-corrected chi connectivity index (χ2v) is 4.12. The molecule has 0 radical (unpaired) electrons. The molecule has 2 N–H and O–H groups in total. The van der Waals surface area contributed by atoms with E-state index in [1.165, 1.54) is 31.6 Å². The maximum Gasteiger partial charge on any atom is 0.325 e. The largest absolute Gasteiger partial charge is 0.494 e. The van der Waals surface area contributed by atoms with Gasteiger partial charge in [0.2, 0.25) is 0 Å². The lowest BCUT2D eigenvalue weighted by Crippen LogP contribution is -2.12. The maximum absolute atomic E-state index is 13.5. The number of nitrogens with one attached hydrogen (secondary N) is 1. The zero-order valence-corrected chi connectivity index (χ0v) is 11.0. The second-order valence-electron chi connectivity index (χ2n) is 4.12. The molecule has 0 spiro atoms. The van der Waals surface area contributed by atoms with Gasteiger partial charge in [0.1, 0.15) is 6.54 Å². The van der Waals surface area contributed by atoms with E-state index in [2.05, 4.69) is 10.4 Å². The van der Waals surface area contributed by atoms with Crippen molar-refractivity contribution < 1.29 is 23.8 Å². The number of hydrogen-bond donors (Lipinski definition) is 2. The number of carbonyl (C=O) groups excluding carboxylic acids is 1. The lowest BCUT2D eigenvalue weighted by Gasteiger charge is -2.05. The van der Waals surface area contributed by atoms with Crippen LogP contribution in [-0.2, 0) is 11.3 Å². The fourth-order valence-electron chi connectivity index (χ4n) is 1.66. The number of anilines is 1. The summed E-state index contributed by atoms with van der Waals surface area (Å²) in [5, 5.41) is 14.9. The van der Waals surface area contributed by atoms with E-state index in [9.17, 15) is 14.0 Å². The molecule has 0 aliphatic rings. The number of nitrogens with zero attached hydrogens (tertiary/aromatic N) is 2. The van der Waals surface area contributed by atoms with Crippen LogP contribution in [0.5, 0.6) is 5.75 Å². The number of amides is 1. The van der Waals surface area contributed by atoms with Crippen LogP contribution in [-0.4, -0.2) is 33.9 Å². The number of carbonyl (C=O) groups is 2. The van der Waals surface area contributed by atoms with Gasteiger partial charge in [-0.1, -0.05) is 0 Å². The van der Waals surface area contributed by atoms with Crippen molar-refractivity contribution in [1.82, 2.24) is 9.78 Å². The summed E-state index contributed by atoms with van der Waals surface area (Å²) in [6.45, 7) is -0.312. The van der Waals surface area contributed by atoms with E-state index in [1.54, 1.807) is 0 Å². The molecule has 21 heavy (non-hydrogen) atoms. The highest BCUT2D eigenvalue weighted by molar-refractivity contribution is 6.04. The number of hydrogen-bond acceptors (Lipinski definition) is 4. The molecule has 2 rings (SSSR count). The first-order valence-corrected chi connectivity index (χ1v) is 5.88. The van der Waals surface area contributed by atoms with Gasteiger partial charge in [-0.15, -0.1) is 0 Å². The summed E-state index contributed by atoms with van der Waals surface area (Å²) in [5.74, 6) is -2.19. The zero-order chi connectivity index (χ0) is 15.4. The van der Waals surface area contributed by atoms with Gasteiger partial charge in [-0.3, -0.25) is 14.3 Å². The summed E-state index contributed by atoms with van der Waals surface area (Å²) < 4.78 is 19.4. The summed E-state index contributed by atoms with van der Waals surface area (Å²) in [7, 11) is 1.33. The Balaban J connectivity index is 2.09. The molecular weight excluding hydrogens is 281 g/mol. The van der Waals surface area contributed by atoms with E-state index >= 15 is 0 Å². The van der Waals surface area contributed by atoms with Crippen LogP contribution in [0.1, 0.15) is 10.4 Å². The van der Waals surface area contributed by atoms with Crippen LogP contribution in [0.2, 0.25) is 0 Å². The Morgan fingerprint density at radius 2 is 2.24 bits per heavy atom. The summed E-state index contributed by atoms with van der Waals surface area (Å²) in [6.07, 6.45) is 2.67. The number of benzene rings is 1. The Labute approximate surface area is 119 Å². The van der Waals surface area contributed by atoms with Crippen molar-refractivity contribution in [1.29, 1.82) is 0 Å². The third-order valence-corrected chi connectivity index (χ3v) is 2.60. The van der Waals surface area contributed by atoms with E-state index in [-0.39, 0.29) is 17.9 Å². The third kappa shape index (κ3) is 3.56. The number of aliphatic carboxylic acids is 1. The van der Waals surface area contributed by atoms with E-state index < -0.39 is 17.7 Å². The van der Waals surface area contributed by atoms with Gasteiger partial charge >= 0.3 is 5.97 Å². The quantitative estimate of drug-likeness (QED) is 0.868. The molecule has 1 aromatic heterocycles. The lowest BCUT2D eigenvalue weighted by molar-refractivity contribution is -0.137. The Morgan fingerprint density at radius 3 is 2.86 bits per heavy atom. The van der Waals surface area contributed by atoms with Gasteiger partial charge < -0.3 is 15.2 Å². The lowest BCUT2D eigenvalue weighted by atomic mass is 10.2. The molecule has 0 fully saturated rings. The van der Waals surface area contributed by atoms with Gasteiger partial charge in [0, 0.05) is 11.8 Å². The SMILES string of the molecule is COc1ccc(C(=O)Nc2cnn(CC(=O)O)c2)cc1F. The number of rotatable bonds is 5. The molecule has 110 valence electrons. The fourth-order valence-corrected chi connectivity index (χ4v) is 1.66. The molecule has 1 aromatic carbocycles. The summed E-state index contributed by atoms with van der Waals surface area (Å²) >= 11 is 0. The molecule has 2 aromatic rings. The van der Waals surface area contributed by atoms with Crippen LogP contribution < -0.4 is 10.1 Å². The topological polar surface area (TPSA) is 93.5 Å². The molecule has 0 saturated heterocycles. The van der Waals surface area contributed by atoms with Crippen LogP contribution in [0.15, 0.2) is 30.6 Å². The summed E-state index contributed by atoms with van der Waals surface area (Å²) in [4.78, 5) is 22.4. The van der Waals surface area contributed by atoms with Gasteiger partial charge in [0.15, 0.2) is 11.6 Å². The van der Waals surface area contributed by atoms with Crippen molar-refractivity contribution >= 4 is 17.6 Å². The highest BCUT2D eigenvalue weighted by Gasteiger charge is 2.11. The predicted molar refractivity (Wildman–Crippen MR) is 70.8 cm³/mol. The van der Waals surface area contributed by atoms with Gasteiger partial charge in [0.05, 0.1) is 19.0 Å². The van der Waals surface area contributed by atoms with Crippen LogP contribution in [0.3, 0.4) is 0 Å². The number of aromatic nitrogens is 2. The van der Waals surface area contributed by atoms with Crippen LogP contribution >= 0.6 is 0 Å². The van der Waals surface area contributed by atoms with Gasteiger partial charge in [-0.05, 0) is 18.2 Å². The van der Waals surface area contributed by atoms with Crippen molar-refractivity contribution in [2.45, 2.75) is 6.54 Å². The maximum atomic E-state index is 13.5. The Kier molecular flexibility index (Phi) is 4.17. The van der Waals surface area contributed by atoms with Gasteiger partial charge in [0.25, 0.3) is 5.91 Å². The molecular formula is C13H12FN3O4. The van der Waals surface area contributed by atoms with E-state index in [0.29, 0.717) is 5.69 Å². The summed E-state index contributed by atoms with van der Waals surface area (Å²) in [6, 6.07) is 3.81. The summed E-state index contributed by atoms with van der Waals surface area (Å²) in [5.41, 5.74) is 0.428. The van der Waals surface area contributed by atoms with Crippen LogP contribution in [0, 0.1) is 5.82 Å². The highest BCUT2D eigenvalue weighted by atomic mass is 19.1. The van der Waals surface area contributed by atoms with Crippen LogP contribution in [0.25, 0.3) is 0 Å². The van der Waals surface area contributed by atoms with Crippen molar-refractivity contribution in [3.63, 3.8) is 0 Å². The number of methoxy groups -OCH3 is 1. The van der Waals surface area contributed by atoms with Gasteiger partial charge in [-0.25, -0.2) is 4.39 Å². The molecule has 0 aliphatic carbocycles. The molecule has 0 bridgehead atoms. The Morgan fingerprint density at radius 1 is 1.48 bits per heavy atom. The van der Waals surface area contributed by atoms with Crippen molar-refractivity contribution in [3.05, 3.63) is 42.0 Å². The molecule has 0 atom stereocenters. The molecule has 0 saturated carbocycles. The second kappa shape index (κ2) is 6.04. The third-order valence-electron chi connectivity index (χ3n) is 2.60. The minimum absolute atomic E-state index is 0.0424. The highest BCUT2D eigenvalue weighted by Crippen LogP contribution is 2.18. The molecule has 1 heterocycles. The van der Waals surface area contributed by atoms with Crippen molar-refractivity contribution in [2.24, 2.45) is 0 Å². The predicted octanol–water partition coefficient (Wildman–Crippen LogP) is 1.37. The minimum Gasteiger partial charge on any atom is -0.494 e. The molecule has 0 aliphatic heterocycles. The number of carboxylic acid groups (broad SMARTS) is 1. The van der Waals surface area contributed by atoms with E-state index in [4.69, 9.17) is 9.84 Å². The average Bonchev–Trinajstić information content (AvgIpc) is 2.84. The zero-order valence-electron chi connectivity index (χ0n) is 11.0. The molecule has 0 unspecified atom stereocenters. The minimum atomic E-state index is -1.05. The number of ether oxygens (including phenoxy) is 1. The molecule has 1 amide bonds. The smallest absolute Gasteiger partial charge is 0.325 e. The average molecular weight is 293 g/mol. The first-order valence-electron chi connectivity index (χ1n) is 5.88. The molecule has 8 heteroatoms. The standard InChI is InChI=1S/C13H12FN3O4/c1-21-11-3-2-8(4-10(11)14)13(20)16-9-5-15-17(6-9)7-12(18)19/h2-6H,7H2,1H3,(H,16,20)(H,18,19). The normalized spacial score (nSPS) is 10.2. The van der Waals surface area contributed by atoms with E-state index in [0.717, 1.165) is 10.7 Å². The number of halogens is 1. The van der Waals surface area contributed by atoms with Crippen molar-refractivity contribution in [3.8, 4) is 5.75 Å². The fraction of sp³-hybridized carbons (Fsp3) is 0.154. The van der Waals surface area contributed by atoms with Crippen molar-refractivity contribution in [2.75, 3.05) is 12.4 Å². The first kappa shape index (κ1) is 14.5. The number of carboxylic acids is 1. The Bertz CT molecular complexity index is 684. The van der Waals surface area contributed by atoms with Gasteiger partial charge in [-0.2, -0.15) is 5.10 Å². The van der Waals surface area contributed by atoms with Crippen LogP contribution in [0.4, 0.5) is 10.1 Å². The Hall–Kier alpha value is -2.90.